The van der Waals surface area contributed by atoms with Gasteiger partial charge in [0.15, 0.2) is 0 Å². The van der Waals surface area contributed by atoms with Gasteiger partial charge in [0.1, 0.15) is 23.3 Å². The average molecular weight is 461 g/mol. The minimum absolute atomic E-state index is 0.114. The Balaban J connectivity index is 1.57. The van der Waals surface area contributed by atoms with Crippen molar-refractivity contribution in [3.8, 4) is 17.6 Å². The van der Waals surface area contributed by atoms with Crippen LogP contribution in [0.4, 0.5) is 11.6 Å². The summed E-state index contributed by atoms with van der Waals surface area (Å²) >= 11 is 5.94. The van der Waals surface area contributed by atoms with E-state index in [0.29, 0.717) is 27.9 Å². The van der Waals surface area contributed by atoms with Crippen molar-refractivity contribution in [2.24, 2.45) is 7.05 Å². The molecule has 2 aromatic carbocycles. The molecule has 0 aliphatic carbocycles. The van der Waals surface area contributed by atoms with Crippen molar-refractivity contribution in [1.29, 1.82) is 5.26 Å². The van der Waals surface area contributed by atoms with Gasteiger partial charge in [-0.3, -0.25) is 4.57 Å². The monoisotopic (exact) mass is 460 g/mol. The molecule has 4 rings (SSSR count). The Kier molecular flexibility index (Phi) is 6.20. The summed E-state index contributed by atoms with van der Waals surface area (Å²) in [6.45, 7) is 0.201. The zero-order valence-corrected chi connectivity index (χ0v) is 18.2. The molecule has 2 aromatic heterocycles. The predicted molar refractivity (Wildman–Crippen MR) is 123 cm³/mol. The fraction of sp³-hybridized carbons (Fsp3) is 0.0870. The van der Waals surface area contributed by atoms with Crippen LogP contribution in [0.25, 0.3) is 0 Å². The summed E-state index contributed by atoms with van der Waals surface area (Å²) in [6, 6.07) is 19.1. The highest BCUT2D eigenvalue weighted by molar-refractivity contribution is 6.30. The third-order valence-corrected chi connectivity index (χ3v) is 4.96. The van der Waals surface area contributed by atoms with Gasteiger partial charge in [-0.2, -0.15) is 10.2 Å². The lowest BCUT2D eigenvalue weighted by atomic mass is 10.2. The van der Waals surface area contributed by atoms with Crippen LogP contribution in [0.3, 0.4) is 0 Å². The number of aromatic nitrogens is 4. The molecule has 9 nitrogen and oxygen atoms in total. The van der Waals surface area contributed by atoms with Gasteiger partial charge in [-0.05, 0) is 54.1 Å². The van der Waals surface area contributed by atoms with E-state index in [-0.39, 0.29) is 12.5 Å². The number of nitrogens with zero attached hydrogens (tertiary/aromatic N) is 5. The number of pyridine rings is 1. The molecule has 33 heavy (non-hydrogen) atoms. The van der Waals surface area contributed by atoms with E-state index in [1.165, 1.54) is 17.8 Å². The number of anilines is 2. The lowest BCUT2D eigenvalue weighted by molar-refractivity contribution is 0.480. The summed E-state index contributed by atoms with van der Waals surface area (Å²) < 4.78 is 8.04. The molecule has 1 N–H and O–H groups in total. The molecule has 0 aliphatic rings. The first kappa shape index (κ1) is 21.8. The fourth-order valence-electron chi connectivity index (χ4n) is 2.97. The topological polar surface area (TPSA) is 115 Å². The molecule has 4 aromatic rings. The van der Waals surface area contributed by atoms with Gasteiger partial charge in [0.2, 0.25) is 5.95 Å². The number of nitriles is 1. The molecule has 164 valence electrons. The number of benzene rings is 2. The van der Waals surface area contributed by atoms with E-state index in [2.05, 4.69) is 15.3 Å². The van der Waals surface area contributed by atoms with E-state index in [1.807, 2.05) is 6.07 Å². The summed E-state index contributed by atoms with van der Waals surface area (Å²) in [5.74, 6) is 1.14. The van der Waals surface area contributed by atoms with Crippen LogP contribution < -0.4 is 21.4 Å². The van der Waals surface area contributed by atoms with Gasteiger partial charge >= 0.3 is 11.4 Å². The molecule has 0 saturated heterocycles. The second-order valence-corrected chi connectivity index (χ2v) is 7.45. The number of rotatable bonds is 6. The normalized spacial score (nSPS) is 10.5. The third kappa shape index (κ3) is 5.08. The van der Waals surface area contributed by atoms with Crippen molar-refractivity contribution in [3.05, 3.63) is 104 Å². The number of nitrogens with one attached hydrogen (secondary N) is 1. The third-order valence-electron chi connectivity index (χ3n) is 4.71. The highest BCUT2D eigenvalue weighted by Gasteiger charge is 2.12. The van der Waals surface area contributed by atoms with E-state index < -0.39 is 11.4 Å². The lowest BCUT2D eigenvalue weighted by Gasteiger charge is -2.14. The zero-order chi connectivity index (χ0) is 23.4. The minimum Gasteiger partial charge on any atom is -0.456 e. The van der Waals surface area contributed by atoms with Gasteiger partial charge < -0.3 is 10.1 Å². The van der Waals surface area contributed by atoms with E-state index in [9.17, 15) is 9.59 Å². The Morgan fingerprint density at radius 2 is 1.73 bits per heavy atom. The lowest BCUT2D eigenvalue weighted by Crippen LogP contribution is -2.41. The van der Waals surface area contributed by atoms with Gasteiger partial charge in [0, 0.05) is 17.8 Å². The number of hydrogen-bond donors (Lipinski definition) is 1. The molecular formula is C23H17ClN6O3. The van der Waals surface area contributed by atoms with E-state index in [4.69, 9.17) is 21.6 Å². The summed E-state index contributed by atoms with van der Waals surface area (Å²) in [4.78, 5) is 32.9. The van der Waals surface area contributed by atoms with E-state index in [0.717, 1.165) is 10.1 Å². The van der Waals surface area contributed by atoms with Crippen molar-refractivity contribution in [2.45, 2.75) is 6.54 Å². The molecular weight excluding hydrogens is 444 g/mol. The highest BCUT2D eigenvalue weighted by Crippen LogP contribution is 2.23. The molecule has 0 bridgehead atoms. The predicted octanol–water partition coefficient (Wildman–Crippen LogP) is 3.45. The maximum Gasteiger partial charge on any atom is 0.354 e. The first-order valence-electron chi connectivity index (χ1n) is 9.76. The zero-order valence-electron chi connectivity index (χ0n) is 17.4. The SMILES string of the molecule is Cn1c(=O)nc(Nc2ccc(Oc3ccc(C#N)nc3)cc2)n(Cc2ccc(Cl)cc2)c1=O. The van der Waals surface area contributed by atoms with Crippen LogP contribution in [-0.2, 0) is 13.6 Å². The van der Waals surface area contributed by atoms with Crippen molar-refractivity contribution in [3.63, 3.8) is 0 Å². The summed E-state index contributed by atoms with van der Waals surface area (Å²) in [7, 11) is 1.38. The van der Waals surface area contributed by atoms with Gasteiger partial charge in [-0.15, -0.1) is 0 Å². The van der Waals surface area contributed by atoms with Gasteiger partial charge in [0.05, 0.1) is 12.7 Å². The Hall–Kier alpha value is -4.42. The van der Waals surface area contributed by atoms with Crippen LogP contribution in [0.2, 0.25) is 5.02 Å². The smallest absolute Gasteiger partial charge is 0.354 e. The first-order chi connectivity index (χ1) is 15.9. The van der Waals surface area contributed by atoms with Gasteiger partial charge in [0.25, 0.3) is 0 Å². The molecule has 0 saturated carbocycles. The minimum atomic E-state index is -0.664. The molecule has 0 radical (unpaired) electrons. The van der Waals surface area contributed by atoms with Gasteiger partial charge in [-0.25, -0.2) is 19.1 Å². The van der Waals surface area contributed by atoms with Gasteiger partial charge in [-0.1, -0.05) is 23.7 Å². The van der Waals surface area contributed by atoms with E-state index >= 15 is 0 Å². The maximum atomic E-state index is 12.7. The maximum absolute atomic E-state index is 12.7. The molecule has 0 spiro atoms. The Morgan fingerprint density at radius 1 is 1.03 bits per heavy atom. The molecule has 0 amide bonds. The number of halogens is 1. The molecule has 0 unspecified atom stereocenters. The van der Waals surface area contributed by atoms with Crippen LogP contribution in [0, 0.1) is 11.3 Å². The Bertz CT molecular complexity index is 1440. The Morgan fingerprint density at radius 3 is 2.36 bits per heavy atom. The van der Waals surface area contributed by atoms with Crippen LogP contribution in [0.5, 0.6) is 11.5 Å². The molecule has 0 fully saturated rings. The molecule has 2 heterocycles. The quantitative estimate of drug-likeness (QED) is 0.468. The van der Waals surface area contributed by atoms with Crippen molar-refractivity contribution >= 4 is 23.2 Å². The number of hydrogen-bond acceptors (Lipinski definition) is 7. The second kappa shape index (κ2) is 9.38. The highest BCUT2D eigenvalue weighted by atomic mass is 35.5. The summed E-state index contributed by atoms with van der Waals surface area (Å²) in [6.07, 6.45) is 1.46. The molecule has 0 atom stereocenters. The molecule has 10 heteroatoms. The fourth-order valence-corrected chi connectivity index (χ4v) is 3.09. The standard InChI is InChI=1S/C23H17ClN6O3/c1-29-22(31)28-21(30(23(29)32)14-15-2-4-16(24)5-3-15)27-17-6-9-19(10-7-17)33-20-11-8-18(12-25)26-13-20/h2-11,13H,14H2,1H3,(H,27,28,31). The van der Waals surface area contributed by atoms with Crippen LogP contribution in [0.1, 0.15) is 11.3 Å². The van der Waals surface area contributed by atoms with Crippen molar-refractivity contribution < 1.29 is 4.74 Å². The number of ether oxygens (including phenoxy) is 1. The summed E-state index contributed by atoms with van der Waals surface area (Å²) in [5.41, 5.74) is 0.562. The Labute approximate surface area is 193 Å². The average Bonchev–Trinajstić information content (AvgIpc) is 2.83. The second-order valence-electron chi connectivity index (χ2n) is 7.01. The van der Waals surface area contributed by atoms with Crippen LogP contribution in [0.15, 0.2) is 76.4 Å². The van der Waals surface area contributed by atoms with E-state index in [1.54, 1.807) is 60.7 Å². The molecule has 0 aliphatic heterocycles. The van der Waals surface area contributed by atoms with Crippen LogP contribution >= 0.6 is 11.6 Å². The summed E-state index contributed by atoms with van der Waals surface area (Å²) in [5, 5.41) is 12.4. The largest absolute Gasteiger partial charge is 0.456 e. The van der Waals surface area contributed by atoms with Crippen molar-refractivity contribution in [1.82, 2.24) is 19.1 Å². The van der Waals surface area contributed by atoms with Crippen molar-refractivity contribution in [2.75, 3.05) is 5.32 Å². The first-order valence-corrected chi connectivity index (χ1v) is 10.1. The van der Waals surface area contributed by atoms with Crippen LogP contribution in [-0.4, -0.2) is 19.1 Å².